The highest BCUT2D eigenvalue weighted by molar-refractivity contribution is 7.13. The number of nitrogens with one attached hydrogen (secondary N) is 1. The van der Waals surface area contributed by atoms with Crippen LogP contribution >= 0.6 is 11.3 Å². The molecule has 0 unspecified atom stereocenters. The van der Waals surface area contributed by atoms with E-state index in [2.05, 4.69) is 10.5 Å². The van der Waals surface area contributed by atoms with Crippen LogP contribution in [-0.2, 0) is 0 Å². The maximum absolute atomic E-state index is 13.1. The standard InChI is InChI=1S/C24H16N2O4S/c1-14-8-10-15(11-9-14)22(27)23-21(16-5-2-3-6-18(16)29-23)25-24(28)17-13-19(30-26-17)20-7-4-12-31-20/h2-13H,1H3,(H,25,28). The number of aromatic nitrogens is 1. The van der Waals surface area contributed by atoms with Crippen LogP contribution in [0.5, 0.6) is 0 Å². The van der Waals surface area contributed by atoms with Gasteiger partial charge in [-0.3, -0.25) is 9.59 Å². The molecule has 31 heavy (non-hydrogen) atoms. The summed E-state index contributed by atoms with van der Waals surface area (Å²) < 4.78 is 11.1. The molecule has 3 heterocycles. The van der Waals surface area contributed by atoms with Crippen LogP contribution in [0.4, 0.5) is 5.69 Å². The fourth-order valence-electron chi connectivity index (χ4n) is 3.26. The summed E-state index contributed by atoms with van der Waals surface area (Å²) in [5, 5.41) is 9.22. The molecule has 3 aromatic heterocycles. The van der Waals surface area contributed by atoms with E-state index >= 15 is 0 Å². The van der Waals surface area contributed by atoms with Gasteiger partial charge in [-0.25, -0.2) is 0 Å². The van der Waals surface area contributed by atoms with E-state index in [-0.39, 0.29) is 17.2 Å². The van der Waals surface area contributed by atoms with Gasteiger partial charge in [-0.1, -0.05) is 53.2 Å². The fraction of sp³-hybridized carbons (Fsp3) is 0.0417. The highest BCUT2D eigenvalue weighted by Gasteiger charge is 2.25. The minimum atomic E-state index is -0.490. The lowest BCUT2D eigenvalue weighted by Gasteiger charge is -2.04. The van der Waals surface area contributed by atoms with E-state index in [0.29, 0.717) is 28.0 Å². The summed E-state index contributed by atoms with van der Waals surface area (Å²) in [5.74, 6) is -0.226. The zero-order valence-corrected chi connectivity index (χ0v) is 17.2. The highest BCUT2D eigenvalue weighted by Crippen LogP contribution is 2.33. The Kier molecular flexibility index (Phi) is 4.72. The maximum atomic E-state index is 13.1. The molecular weight excluding hydrogens is 412 g/mol. The van der Waals surface area contributed by atoms with Gasteiger partial charge in [0.25, 0.3) is 5.91 Å². The van der Waals surface area contributed by atoms with Crippen molar-refractivity contribution in [1.82, 2.24) is 5.16 Å². The second kappa shape index (κ2) is 7.70. The van der Waals surface area contributed by atoms with E-state index in [4.69, 9.17) is 8.94 Å². The Morgan fingerprint density at radius 2 is 1.81 bits per heavy atom. The molecule has 0 fully saturated rings. The summed E-state index contributed by atoms with van der Waals surface area (Å²) in [6.45, 7) is 1.95. The Bertz CT molecular complexity index is 1400. The number of anilines is 1. The van der Waals surface area contributed by atoms with Gasteiger partial charge in [0, 0.05) is 17.0 Å². The Labute approximate surface area is 181 Å². The Balaban J connectivity index is 1.51. The van der Waals surface area contributed by atoms with Crippen LogP contribution in [0.25, 0.3) is 21.6 Å². The number of carbonyl (C=O) groups is 2. The molecule has 0 atom stereocenters. The molecule has 0 saturated carbocycles. The van der Waals surface area contributed by atoms with Gasteiger partial charge in [-0.15, -0.1) is 11.3 Å². The molecule has 7 heteroatoms. The van der Waals surface area contributed by atoms with Crippen LogP contribution in [0.1, 0.15) is 32.2 Å². The largest absolute Gasteiger partial charge is 0.450 e. The van der Waals surface area contributed by atoms with E-state index in [1.165, 1.54) is 11.3 Å². The normalized spacial score (nSPS) is 11.0. The van der Waals surface area contributed by atoms with E-state index < -0.39 is 5.91 Å². The minimum absolute atomic E-state index is 0.0698. The molecule has 0 aliphatic heterocycles. The van der Waals surface area contributed by atoms with E-state index in [1.54, 1.807) is 30.3 Å². The molecule has 1 amide bonds. The van der Waals surface area contributed by atoms with Crippen molar-refractivity contribution in [1.29, 1.82) is 0 Å². The molecule has 5 aromatic rings. The van der Waals surface area contributed by atoms with Crippen LogP contribution in [0, 0.1) is 6.92 Å². The van der Waals surface area contributed by atoms with Gasteiger partial charge in [0.2, 0.25) is 5.78 Å². The number of carbonyl (C=O) groups excluding carboxylic acids is 2. The van der Waals surface area contributed by atoms with Crippen molar-refractivity contribution in [2.75, 3.05) is 5.32 Å². The van der Waals surface area contributed by atoms with Crippen LogP contribution in [0.15, 0.2) is 81.1 Å². The summed E-state index contributed by atoms with van der Waals surface area (Å²) in [7, 11) is 0. The van der Waals surface area contributed by atoms with Crippen molar-refractivity contribution in [3.05, 3.63) is 94.7 Å². The first kappa shape index (κ1) is 19.0. The predicted octanol–water partition coefficient (Wildman–Crippen LogP) is 5.94. The number of hydrogen-bond acceptors (Lipinski definition) is 6. The van der Waals surface area contributed by atoms with Crippen molar-refractivity contribution in [2.24, 2.45) is 0 Å². The zero-order chi connectivity index (χ0) is 21.4. The van der Waals surface area contributed by atoms with Crippen LogP contribution in [0.2, 0.25) is 0 Å². The van der Waals surface area contributed by atoms with Gasteiger partial charge in [0.1, 0.15) is 5.58 Å². The summed E-state index contributed by atoms with van der Waals surface area (Å²) >= 11 is 1.49. The first-order valence-electron chi connectivity index (χ1n) is 9.55. The second-order valence-electron chi connectivity index (χ2n) is 7.01. The van der Waals surface area contributed by atoms with Gasteiger partial charge in [-0.05, 0) is 30.5 Å². The zero-order valence-electron chi connectivity index (χ0n) is 16.4. The van der Waals surface area contributed by atoms with Crippen molar-refractivity contribution >= 4 is 39.7 Å². The van der Waals surface area contributed by atoms with Gasteiger partial charge in [0.05, 0.1) is 10.6 Å². The monoisotopic (exact) mass is 428 g/mol. The highest BCUT2D eigenvalue weighted by atomic mass is 32.1. The number of rotatable bonds is 5. The Morgan fingerprint density at radius 3 is 2.58 bits per heavy atom. The van der Waals surface area contributed by atoms with Crippen LogP contribution in [0.3, 0.4) is 0 Å². The number of aryl methyl sites for hydroxylation is 1. The molecule has 2 aromatic carbocycles. The van der Waals surface area contributed by atoms with Gasteiger partial charge >= 0.3 is 0 Å². The van der Waals surface area contributed by atoms with Crippen LogP contribution < -0.4 is 5.32 Å². The van der Waals surface area contributed by atoms with Crippen molar-refractivity contribution in [3.8, 4) is 10.6 Å². The lowest BCUT2D eigenvalue weighted by atomic mass is 10.1. The second-order valence-corrected chi connectivity index (χ2v) is 7.95. The summed E-state index contributed by atoms with van der Waals surface area (Å²) in [6, 6.07) is 19.7. The molecule has 5 rings (SSSR count). The van der Waals surface area contributed by atoms with Crippen molar-refractivity contribution < 1.29 is 18.5 Å². The van der Waals surface area contributed by atoms with Crippen molar-refractivity contribution in [2.45, 2.75) is 6.92 Å². The third kappa shape index (κ3) is 3.55. The molecule has 0 saturated heterocycles. The number of nitrogens with zero attached hydrogens (tertiary/aromatic N) is 1. The molecule has 0 spiro atoms. The van der Waals surface area contributed by atoms with Gasteiger partial charge in [0.15, 0.2) is 17.2 Å². The fourth-order valence-corrected chi connectivity index (χ4v) is 3.93. The molecule has 0 aliphatic carbocycles. The molecule has 0 radical (unpaired) electrons. The number of amides is 1. The topological polar surface area (TPSA) is 85.3 Å². The Morgan fingerprint density at radius 1 is 1.00 bits per heavy atom. The maximum Gasteiger partial charge on any atom is 0.277 e. The smallest absolute Gasteiger partial charge is 0.277 e. The summed E-state index contributed by atoms with van der Waals surface area (Å²) in [5.41, 5.74) is 2.45. The SMILES string of the molecule is Cc1ccc(C(=O)c2oc3ccccc3c2NC(=O)c2cc(-c3cccs3)on2)cc1. The summed E-state index contributed by atoms with van der Waals surface area (Å²) in [4.78, 5) is 26.9. The lowest BCUT2D eigenvalue weighted by Crippen LogP contribution is -2.14. The lowest BCUT2D eigenvalue weighted by molar-refractivity contribution is 0.101. The molecule has 152 valence electrons. The van der Waals surface area contributed by atoms with Crippen molar-refractivity contribution in [3.63, 3.8) is 0 Å². The number of hydrogen-bond donors (Lipinski definition) is 1. The molecule has 6 nitrogen and oxygen atoms in total. The van der Waals surface area contributed by atoms with Gasteiger partial charge < -0.3 is 14.3 Å². The van der Waals surface area contributed by atoms with Gasteiger partial charge in [-0.2, -0.15) is 0 Å². The van der Waals surface area contributed by atoms with Crippen LogP contribution in [-0.4, -0.2) is 16.8 Å². The number of thiophene rings is 1. The predicted molar refractivity (Wildman–Crippen MR) is 119 cm³/mol. The molecule has 1 N–H and O–H groups in total. The number of fused-ring (bicyclic) bond motifs is 1. The number of furan rings is 1. The summed E-state index contributed by atoms with van der Waals surface area (Å²) in [6.07, 6.45) is 0. The number of benzene rings is 2. The third-order valence-corrected chi connectivity index (χ3v) is 5.75. The number of para-hydroxylation sites is 1. The average molecular weight is 428 g/mol. The first-order chi connectivity index (χ1) is 15.1. The third-order valence-electron chi connectivity index (χ3n) is 4.86. The minimum Gasteiger partial charge on any atom is -0.450 e. The first-order valence-corrected chi connectivity index (χ1v) is 10.4. The van der Waals surface area contributed by atoms with E-state index in [0.717, 1.165) is 10.4 Å². The van der Waals surface area contributed by atoms with E-state index in [1.807, 2.05) is 48.7 Å². The average Bonchev–Trinajstić information content (AvgIpc) is 3.53. The number of ketones is 1. The quantitative estimate of drug-likeness (QED) is 0.350. The molecular formula is C24H16N2O4S. The molecule has 0 bridgehead atoms. The molecule has 0 aliphatic rings. The Hall–Kier alpha value is -3.97. The van der Waals surface area contributed by atoms with E-state index in [9.17, 15) is 9.59 Å².